The molecule has 356 valence electrons. The van der Waals surface area contributed by atoms with Gasteiger partial charge in [0.15, 0.2) is 0 Å². The van der Waals surface area contributed by atoms with Gasteiger partial charge in [0, 0.05) is 37.2 Å². The largest absolute Gasteiger partial charge is 0.481 e. The number of carbonyl (C=O) groups excluding carboxylic acids is 8. The quantitative estimate of drug-likeness (QED) is 0.0280. The van der Waals surface area contributed by atoms with Gasteiger partial charge < -0.3 is 61.1 Å². The van der Waals surface area contributed by atoms with Crippen molar-refractivity contribution >= 4 is 59.1 Å². The summed E-state index contributed by atoms with van der Waals surface area (Å²) in [4.78, 5) is 112. The number of carbonyl (C=O) groups is 9. The van der Waals surface area contributed by atoms with E-state index in [9.17, 15) is 48.3 Å². The predicted molar refractivity (Wildman–Crippen MR) is 228 cm³/mol. The van der Waals surface area contributed by atoms with Gasteiger partial charge in [-0.25, -0.2) is 4.79 Å². The predicted octanol–water partition coefficient (Wildman–Crippen LogP) is 0.130. The van der Waals surface area contributed by atoms with Crippen LogP contribution in [0.15, 0.2) is 36.4 Å². The highest BCUT2D eigenvalue weighted by molar-refractivity contribution is 6.12. The zero-order valence-corrected chi connectivity index (χ0v) is 36.9. The molecule has 0 fully saturated rings. The lowest BCUT2D eigenvalue weighted by Crippen LogP contribution is -2.58. The van der Waals surface area contributed by atoms with Crippen LogP contribution in [0, 0.1) is 11.8 Å². The number of carboxylic acid groups (broad SMARTS) is 1. The Morgan fingerprint density at radius 1 is 0.688 bits per heavy atom. The van der Waals surface area contributed by atoms with Gasteiger partial charge in [0.1, 0.15) is 24.7 Å². The van der Waals surface area contributed by atoms with Crippen molar-refractivity contribution in [2.24, 2.45) is 17.6 Å². The molecule has 2 rings (SSSR count). The van der Waals surface area contributed by atoms with Gasteiger partial charge in [0.05, 0.1) is 65.3 Å². The number of primary amides is 1. The average Bonchev–Trinajstić information content (AvgIpc) is 3.56. The summed E-state index contributed by atoms with van der Waals surface area (Å²) >= 11 is 0. The molecule has 1 aliphatic heterocycles. The van der Waals surface area contributed by atoms with E-state index in [2.05, 4.69) is 26.6 Å². The molecular weight excluding hydrogens is 842 g/mol. The first-order valence-electron chi connectivity index (χ1n) is 21.0. The number of rotatable bonds is 33. The van der Waals surface area contributed by atoms with Crippen LogP contribution in [-0.2, 0) is 68.6 Å². The Hall–Kier alpha value is -5.97. The summed E-state index contributed by atoms with van der Waals surface area (Å²) in [5.41, 5.74) is 6.23. The first-order valence-corrected chi connectivity index (χ1v) is 21.0. The highest BCUT2D eigenvalue weighted by atomic mass is 16.6. The van der Waals surface area contributed by atoms with Crippen LogP contribution in [0.3, 0.4) is 0 Å². The van der Waals surface area contributed by atoms with Crippen LogP contribution >= 0.6 is 0 Å². The maximum atomic E-state index is 13.7. The van der Waals surface area contributed by atoms with Crippen molar-refractivity contribution in [3.8, 4) is 0 Å². The second-order valence-corrected chi connectivity index (χ2v) is 15.1. The molecule has 1 aliphatic rings. The van der Waals surface area contributed by atoms with Crippen molar-refractivity contribution in [3.05, 3.63) is 42.0 Å². The second kappa shape index (κ2) is 30.2. The molecule has 0 bridgehead atoms. The SMILES string of the molecule is CC(C)C(=O)OCc1ccc(NC(=O)[C@H](CCCNC(N)=O)NC(=O)[C@@H](NC(=O)[C@H](CCC(=O)O)NC(=O)CCOCCOCCOCCOCCN2C(=O)C=CC2=O)C(C)C)cc1. The van der Waals surface area contributed by atoms with E-state index < -0.39 is 66.1 Å². The second-order valence-electron chi connectivity index (χ2n) is 15.1. The van der Waals surface area contributed by atoms with Gasteiger partial charge in [0.25, 0.3) is 11.8 Å². The summed E-state index contributed by atoms with van der Waals surface area (Å²) in [6.45, 7) is 8.64. The maximum Gasteiger partial charge on any atom is 0.312 e. The van der Waals surface area contributed by atoms with E-state index in [0.717, 1.165) is 4.90 Å². The molecule has 0 radical (unpaired) electrons. The minimum absolute atomic E-state index is 0.0334. The number of benzene rings is 1. The highest BCUT2D eigenvalue weighted by Gasteiger charge is 2.32. The minimum Gasteiger partial charge on any atom is -0.481 e. The molecule has 22 nitrogen and oxygen atoms in total. The standard InChI is InChI=1S/C42H63N7O15/c1-27(2)37(40(57)47-31(6-5-16-44-42(43)59)38(55)45-30-9-7-29(8-10-30)26-64-41(58)28(3)4)48-39(56)32(11-14-36(53)54)46-33(50)15-18-60-20-22-62-24-25-63-23-21-61-19-17-49-34(51)12-13-35(49)52/h7-10,12-13,27-28,31-32,37H,5-6,11,14-26H2,1-4H3,(H,45,55)(H,46,50)(H,47,57)(H,48,56)(H,53,54)(H3,43,44,59)/t31-,32-,37-/m0/s1. The first kappa shape index (κ1) is 54.2. The number of urea groups is 1. The maximum absolute atomic E-state index is 13.7. The fourth-order valence-electron chi connectivity index (χ4n) is 5.61. The molecule has 0 aliphatic carbocycles. The van der Waals surface area contributed by atoms with Crippen molar-refractivity contribution < 1.29 is 71.9 Å². The number of nitrogens with two attached hydrogens (primary N) is 1. The summed E-state index contributed by atoms with van der Waals surface area (Å²) in [7, 11) is 0. The molecule has 0 saturated heterocycles. The van der Waals surface area contributed by atoms with Gasteiger partial charge in [-0.3, -0.25) is 43.3 Å². The number of aliphatic carboxylic acids is 1. The van der Waals surface area contributed by atoms with Crippen molar-refractivity contribution in [1.82, 2.24) is 26.2 Å². The molecule has 0 saturated carbocycles. The van der Waals surface area contributed by atoms with Crippen LogP contribution in [0.1, 0.15) is 65.4 Å². The van der Waals surface area contributed by atoms with Gasteiger partial charge in [-0.15, -0.1) is 0 Å². The molecule has 0 aromatic heterocycles. The molecule has 22 heteroatoms. The van der Waals surface area contributed by atoms with Crippen molar-refractivity contribution in [3.63, 3.8) is 0 Å². The van der Waals surface area contributed by atoms with Gasteiger partial charge in [-0.1, -0.05) is 39.8 Å². The number of hydrogen-bond donors (Lipinski definition) is 7. The van der Waals surface area contributed by atoms with E-state index in [4.69, 9.17) is 29.4 Å². The first-order chi connectivity index (χ1) is 30.5. The van der Waals surface area contributed by atoms with E-state index in [1.165, 1.54) is 12.2 Å². The van der Waals surface area contributed by atoms with Crippen LogP contribution in [-0.4, -0.2) is 147 Å². The number of carboxylic acids is 1. The molecule has 64 heavy (non-hydrogen) atoms. The molecule has 8 N–H and O–H groups in total. The Labute approximate surface area is 372 Å². The summed E-state index contributed by atoms with van der Waals surface area (Å²) in [6.07, 6.45) is 1.80. The Morgan fingerprint density at radius 2 is 1.25 bits per heavy atom. The average molecular weight is 906 g/mol. The molecule has 3 atom stereocenters. The molecule has 0 spiro atoms. The summed E-state index contributed by atoms with van der Waals surface area (Å²) in [5.74, 6) is -5.87. The van der Waals surface area contributed by atoms with Crippen LogP contribution in [0.4, 0.5) is 10.5 Å². The fourth-order valence-corrected chi connectivity index (χ4v) is 5.61. The third-order valence-corrected chi connectivity index (χ3v) is 9.17. The number of anilines is 1. The third-order valence-electron chi connectivity index (χ3n) is 9.17. The monoisotopic (exact) mass is 905 g/mol. The van der Waals surface area contributed by atoms with Crippen molar-refractivity contribution in [2.45, 2.75) is 84.5 Å². The normalized spacial score (nSPS) is 13.6. The number of hydrogen-bond acceptors (Lipinski definition) is 14. The number of amides is 8. The van der Waals surface area contributed by atoms with E-state index in [-0.39, 0.29) is 122 Å². The lowest BCUT2D eigenvalue weighted by Gasteiger charge is -2.27. The lowest BCUT2D eigenvalue weighted by molar-refractivity contribution is -0.148. The molecular formula is C42H63N7O15. The number of nitrogens with one attached hydrogen (secondary N) is 5. The minimum atomic E-state index is -1.32. The number of ether oxygens (including phenoxy) is 5. The Kier molecular flexibility index (Phi) is 25.5. The summed E-state index contributed by atoms with van der Waals surface area (Å²) < 4.78 is 26.9. The summed E-state index contributed by atoms with van der Waals surface area (Å²) in [6, 6.07) is 2.08. The highest BCUT2D eigenvalue weighted by Crippen LogP contribution is 2.14. The third kappa shape index (κ3) is 22.4. The lowest BCUT2D eigenvalue weighted by atomic mass is 10.0. The van der Waals surface area contributed by atoms with E-state index in [1.807, 2.05) is 0 Å². The topological polar surface area (TPSA) is 309 Å². The Bertz CT molecular complexity index is 1720. The van der Waals surface area contributed by atoms with Crippen molar-refractivity contribution in [2.75, 3.05) is 71.3 Å². The number of nitrogens with zero attached hydrogens (tertiary/aromatic N) is 1. The fraction of sp³-hybridized carbons (Fsp3) is 0.595. The molecule has 0 unspecified atom stereocenters. The molecule has 1 aromatic carbocycles. The van der Waals surface area contributed by atoms with Gasteiger partial charge >= 0.3 is 18.0 Å². The Balaban J connectivity index is 1.85. The zero-order chi connectivity index (χ0) is 47.4. The van der Waals surface area contributed by atoms with Crippen LogP contribution in [0.5, 0.6) is 0 Å². The molecule has 1 heterocycles. The molecule has 1 aromatic rings. The van der Waals surface area contributed by atoms with Crippen LogP contribution < -0.4 is 32.3 Å². The van der Waals surface area contributed by atoms with Gasteiger partial charge in [0.2, 0.25) is 23.6 Å². The van der Waals surface area contributed by atoms with Crippen LogP contribution in [0.2, 0.25) is 0 Å². The van der Waals surface area contributed by atoms with Crippen LogP contribution in [0.25, 0.3) is 0 Å². The number of imide groups is 1. The van der Waals surface area contributed by atoms with Gasteiger partial charge in [-0.05, 0) is 42.9 Å². The Morgan fingerprint density at radius 3 is 1.80 bits per heavy atom. The zero-order valence-electron chi connectivity index (χ0n) is 36.9. The summed E-state index contributed by atoms with van der Waals surface area (Å²) in [5, 5.41) is 22.2. The van der Waals surface area contributed by atoms with E-state index in [0.29, 0.717) is 11.3 Å². The number of esters is 1. The molecule has 8 amide bonds. The van der Waals surface area contributed by atoms with E-state index in [1.54, 1.807) is 52.0 Å². The van der Waals surface area contributed by atoms with Gasteiger partial charge in [-0.2, -0.15) is 0 Å². The smallest absolute Gasteiger partial charge is 0.312 e. The van der Waals surface area contributed by atoms with E-state index >= 15 is 0 Å². The van der Waals surface area contributed by atoms with Crippen molar-refractivity contribution in [1.29, 1.82) is 0 Å².